The Labute approximate surface area is 102 Å². The van der Waals surface area contributed by atoms with Crippen LogP contribution in [0.25, 0.3) is 0 Å². The summed E-state index contributed by atoms with van der Waals surface area (Å²) in [6, 6.07) is 6.56. The van der Waals surface area contributed by atoms with E-state index in [4.69, 9.17) is 5.11 Å². The molecule has 1 aliphatic carbocycles. The van der Waals surface area contributed by atoms with Crippen LogP contribution >= 0.6 is 0 Å². The van der Waals surface area contributed by atoms with Gasteiger partial charge in [-0.25, -0.2) is 4.79 Å². The molecule has 2 rings (SSSR count). The van der Waals surface area contributed by atoms with Gasteiger partial charge in [0.05, 0.1) is 5.56 Å². The molecule has 0 heterocycles. The second-order valence-electron chi connectivity index (χ2n) is 5.01. The molecular weight excluding hydrogens is 214 g/mol. The number of carboxylic acid groups (broad SMARTS) is 1. The maximum Gasteiger partial charge on any atom is 0.335 e. The monoisotopic (exact) mass is 233 g/mol. The molecule has 0 radical (unpaired) electrons. The Bertz CT molecular complexity index is 426. The van der Waals surface area contributed by atoms with Gasteiger partial charge in [0.25, 0.3) is 0 Å². The molecule has 2 N–H and O–H groups in total. The van der Waals surface area contributed by atoms with Gasteiger partial charge in [-0.15, -0.1) is 0 Å². The van der Waals surface area contributed by atoms with Gasteiger partial charge in [0.1, 0.15) is 0 Å². The van der Waals surface area contributed by atoms with Crippen LogP contribution in [0.1, 0.15) is 41.8 Å². The topological polar surface area (TPSA) is 49.3 Å². The van der Waals surface area contributed by atoms with Crippen molar-refractivity contribution in [3.63, 3.8) is 0 Å². The fourth-order valence-corrected chi connectivity index (χ4v) is 2.62. The Morgan fingerprint density at radius 3 is 2.88 bits per heavy atom. The molecule has 0 saturated heterocycles. The van der Waals surface area contributed by atoms with E-state index in [0.29, 0.717) is 17.6 Å². The van der Waals surface area contributed by atoms with Gasteiger partial charge in [0, 0.05) is 12.1 Å². The zero-order valence-electron chi connectivity index (χ0n) is 10.4. The molecule has 92 valence electrons. The minimum Gasteiger partial charge on any atom is -0.478 e. The summed E-state index contributed by atoms with van der Waals surface area (Å²) in [4.78, 5) is 11.1. The maximum atomic E-state index is 11.1. The average molecular weight is 233 g/mol. The largest absolute Gasteiger partial charge is 0.478 e. The Kier molecular flexibility index (Phi) is 3.48. The highest BCUT2D eigenvalue weighted by molar-refractivity contribution is 5.89. The second-order valence-corrected chi connectivity index (χ2v) is 5.01. The van der Waals surface area contributed by atoms with Gasteiger partial charge in [-0.05, 0) is 36.5 Å². The fraction of sp³-hybridized carbons (Fsp3) is 0.500. The van der Waals surface area contributed by atoms with Crippen molar-refractivity contribution in [2.45, 2.75) is 45.2 Å². The zero-order valence-corrected chi connectivity index (χ0v) is 10.4. The van der Waals surface area contributed by atoms with Gasteiger partial charge in [0.15, 0.2) is 0 Å². The summed E-state index contributed by atoms with van der Waals surface area (Å²) in [7, 11) is 0. The summed E-state index contributed by atoms with van der Waals surface area (Å²) in [5.41, 5.74) is 2.70. The summed E-state index contributed by atoms with van der Waals surface area (Å²) in [6.45, 7) is 4.28. The third-order valence-electron chi connectivity index (χ3n) is 3.28. The number of nitrogens with one attached hydrogen (secondary N) is 1. The number of hydrogen-bond acceptors (Lipinski definition) is 2. The van der Waals surface area contributed by atoms with Crippen LogP contribution in [0, 0.1) is 0 Å². The van der Waals surface area contributed by atoms with Crippen molar-refractivity contribution in [2.75, 3.05) is 0 Å². The minimum atomic E-state index is -0.808. The number of aromatic carboxylic acids is 1. The van der Waals surface area contributed by atoms with Gasteiger partial charge < -0.3 is 10.4 Å². The summed E-state index contributed by atoms with van der Waals surface area (Å²) < 4.78 is 0. The summed E-state index contributed by atoms with van der Waals surface area (Å²) >= 11 is 0. The van der Waals surface area contributed by atoms with Crippen molar-refractivity contribution in [3.8, 4) is 0 Å². The Morgan fingerprint density at radius 2 is 2.24 bits per heavy atom. The molecule has 1 aliphatic rings. The molecule has 17 heavy (non-hydrogen) atoms. The molecule has 0 bridgehead atoms. The molecule has 0 spiro atoms. The molecular formula is C14H19NO2. The molecule has 0 amide bonds. The van der Waals surface area contributed by atoms with Crippen LogP contribution in [-0.4, -0.2) is 23.2 Å². The standard InChI is InChI=1S/C14H19NO2/c1-9(2)15-11-6-7-12-10(8-11)4-3-5-13(12)14(16)17/h3-5,9,11,15H,6-8H2,1-2H3,(H,16,17). The molecule has 1 aromatic rings. The maximum absolute atomic E-state index is 11.1. The van der Waals surface area contributed by atoms with E-state index in [1.54, 1.807) is 6.07 Å². The molecule has 0 saturated carbocycles. The molecule has 0 fully saturated rings. The van der Waals surface area contributed by atoms with Gasteiger partial charge in [-0.1, -0.05) is 26.0 Å². The van der Waals surface area contributed by atoms with E-state index in [2.05, 4.69) is 25.2 Å². The van der Waals surface area contributed by atoms with Crippen molar-refractivity contribution in [2.24, 2.45) is 0 Å². The first-order valence-electron chi connectivity index (χ1n) is 6.18. The van der Waals surface area contributed by atoms with Gasteiger partial charge in [0.2, 0.25) is 0 Å². The quantitative estimate of drug-likeness (QED) is 0.841. The first-order valence-corrected chi connectivity index (χ1v) is 6.18. The van der Waals surface area contributed by atoms with E-state index >= 15 is 0 Å². The molecule has 1 unspecified atom stereocenters. The van der Waals surface area contributed by atoms with Gasteiger partial charge >= 0.3 is 5.97 Å². The highest BCUT2D eigenvalue weighted by atomic mass is 16.4. The Morgan fingerprint density at radius 1 is 1.47 bits per heavy atom. The van der Waals surface area contributed by atoms with Crippen molar-refractivity contribution >= 4 is 5.97 Å². The Hall–Kier alpha value is -1.35. The van der Waals surface area contributed by atoms with Crippen molar-refractivity contribution in [3.05, 3.63) is 34.9 Å². The summed E-state index contributed by atoms with van der Waals surface area (Å²) in [6.07, 6.45) is 2.83. The summed E-state index contributed by atoms with van der Waals surface area (Å²) in [5, 5.41) is 12.7. The lowest BCUT2D eigenvalue weighted by Gasteiger charge is -2.28. The first-order chi connectivity index (χ1) is 8.08. The van der Waals surface area contributed by atoms with Crippen LogP contribution in [0.4, 0.5) is 0 Å². The average Bonchev–Trinajstić information content (AvgIpc) is 2.26. The highest BCUT2D eigenvalue weighted by Gasteiger charge is 2.22. The first kappa shape index (κ1) is 12.1. The van der Waals surface area contributed by atoms with Crippen LogP contribution in [-0.2, 0) is 12.8 Å². The Balaban J connectivity index is 2.22. The number of fused-ring (bicyclic) bond motifs is 1. The van der Waals surface area contributed by atoms with Gasteiger partial charge in [-0.3, -0.25) is 0 Å². The molecule has 1 aromatic carbocycles. The second kappa shape index (κ2) is 4.88. The molecule has 3 heteroatoms. The predicted octanol–water partition coefficient (Wildman–Crippen LogP) is 2.24. The smallest absolute Gasteiger partial charge is 0.335 e. The lowest BCUT2D eigenvalue weighted by atomic mass is 9.85. The molecule has 1 atom stereocenters. The van der Waals surface area contributed by atoms with E-state index in [1.807, 2.05) is 6.07 Å². The van der Waals surface area contributed by atoms with Crippen LogP contribution in [0.3, 0.4) is 0 Å². The number of carboxylic acids is 1. The van der Waals surface area contributed by atoms with Crippen LogP contribution < -0.4 is 5.32 Å². The molecule has 0 aromatic heterocycles. The van der Waals surface area contributed by atoms with E-state index in [0.717, 1.165) is 24.8 Å². The van der Waals surface area contributed by atoms with Gasteiger partial charge in [-0.2, -0.15) is 0 Å². The van der Waals surface area contributed by atoms with Crippen LogP contribution in [0.15, 0.2) is 18.2 Å². The van der Waals surface area contributed by atoms with Crippen molar-refractivity contribution in [1.82, 2.24) is 5.32 Å². The third kappa shape index (κ3) is 2.67. The van der Waals surface area contributed by atoms with Crippen molar-refractivity contribution in [1.29, 1.82) is 0 Å². The third-order valence-corrected chi connectivity index (χ3v) is 3.28. The molecule has 0 aliphatic heterocycles. The van der Waals surface area contributed by atoms with E-state index in [-0.39, 0.29) is 0 Å². The normalized spacial score (nSPS) is 19.1. The lowest BCUT2D eigenvalue weighted by Crippen LogP contribution is -2.39. The van der Waals surface area contributed by atoms with Crippen molar-refractivity contribution < 1.29 is 9.90 Å². The zero-order chi connectivity index (χ0) is 12.4. The lowest BCUT2D eigenvalue weighted by molar-refractivity contribution is 0.0695. The number of hydrogen-bond donors (Lipinski definition) is 2. The number of carbonyl (C=O) groups is 1. The minimum absolute atomic E-state index is 0.476. The number of rotatable bonds is 3. The fourth-order valence-electron chi connectivity index (χ4n) is 2.62. The molecule has 3 nitrogen and oxygen atoms in total. The predicted molar refractivity (Wildman–Crippen MR) is 67.5 cm³/mol. The van der Waals surface area contributed by atoms with Crippen LogP contribution in [0.2, 0.25) is 0 Å². The highest BCUT2D eigenvalue weighted by Crippen LogP contribution is 2.25. The van der Waals surface area contributed by atoms with E-state index < -0.39 is 5.97 Å². The van der Waals surface area contributed by atoms with Crippen LogP contribution in [0.5, 0.6) is 0 Å². The SMILES string of the molecule is CC(C)NC1CCc2c(cccc2C(=O)O)C1. The van der Waals surface area contributed by atoms with E-state index in [9.17, 15) is 4.79 Å². The summed E-state index contributed by atoms with van der Waals surface area (Å²) in [5.74, 6) is -0.808. The number of benzene rings is 1. The van der Waals surface area contributed by atoms with E-state index in [1.165, 1.54) is 5.56 Å².